The number of rotatable bonds is 5. The van der Waals surface area contributed by atoms with Crippen molar-refractivity contribution in [1.29, 1.82) is 0 Å². The Kier molecular flexibility index (Phi) is 6.12. The Morgan fingerprint density at radius 2 is 2.38 bits per heavy atom. The molecule has 0 amide bonds. The lowest BCUT2D eigenvalue weighted by molar-refractivity contribution is 0.159. The molecule has 0 spiro atoms. The van der Waals surface area contributed by atoms with Crippen molar-refractivity contribution in [3.8, 4) is 11.8 Å². The van der Waals surface area contributed by atoms with Gasteiger partial charge in [0, 0.05) is 30.6 Å². The van der Waals surface area contributed by atoms with Crippen LogP contribution in [0.5, 0.6) is 0 Å². The number of ether oxygens (including phenoxy) is 1. The summed E-state index contributed by atoms with van der Waals surface area (Å²) in [5, 5.41) is 2.07. The van der Waals surface area contributed by atoms with Gasteiger partial charge in [-0.25, -0.2) is 0 Å². The highest BCUT2D eigenvalue weighted by atomic mass is 32.1. The van der Waals surface area contributed by atoms with Crippen LogP contribution in [0, 0.1) is 11.8 Å². The quantitative estimate of drug-likeness (QED) is 0.782. The zero-order valence-corrected chi connectivity index (χ0v) is 10.6. The van der Waals surface area contributed by atoms with Crippen LogP contribution < -0.4 is 5.73 Å². The molecule has 0 bridgehead atoms. The maximum absolute atomic E-state index is 5.37. The molecule has 16 heavy (non-hydrogen) atoms. The predicted molar refractivity (Wildman–Crippen MR) is 68.5 cm³/mol. The molecule has 1 aromatic rings. The van der Waals surface area contributed by atoms with Crippen molar-refractivity contribution in [3.05, 3.63) is 21.9 Å². The van der Waals surface area contributed by atoms with Crippen LogP contribution >= 0.6 is 11.3 Å². The highest BCUT2D eigenvalue weighted by Gasteiger charge is 2.05. The summed E-state index contributed by atoms with van der Waals surface area (Å²) in [7, 11) is 3.80. The van der Waals surface area contributed by atoms with Gasteiger partial charge in [0.25, 0.3) is 0 Å². The van der Waals surface area contributed by atoms with Gasteiger partial charge < -0.3 is 10.5 Å². The van der Waals surface area contributed by atoms with E-state index in [1.54, 1.807) is 18.4 Å². The number of hydrogen-bond donors (Lipinski definition) is 1. The summed E-state index contributed by atoms with van der Waals surface area (Å²) >= 11 is 1.74. The lowest BCUT2D eigenvalue weighted by atomic mass is 10.2. The van der Waals surface area contributed by atoms with E-state index >= 15 is 0 Å². The summed E-state index contributed by atoms with van der Waals surface area (Å²) in [5.41, 5.74) is 6.46. The van der Waals surface area contributed by atoms with E-state index in [0.717, 1.165) is 25.3 Å². The third-order valence-electron chi connectivity index (χ3n) is 2.16. The fraction of sp³-hybridized carbons (Fsp3) is 0.500. The Morgan fingerprint density at radius 3 is 3.06 bits per heavy atom. The molecule has 2 N–H and O–H groups in total. The molecule has 0 atom stereocenters. The van der Waals surface area contributed by atoms with Crippen molar-refractivity contribution in [2.75, 3.05) is 33.9 Å². The number of thiophene rings is 1. The van der Waals surface area contributed by atoms with Crippen LogP contribution in [0.15, 0.2) is 11.4 Å². The summed E-state index contributed by atoms with van der Waals surface area (Å²) in [5.74, 6) is 5.98. The van der Waals surface area contributed by atoms with Crippen LogP contribution in [0.2, 0.25) is 0 Å². The van der Waals surface area contributed by atoms with Crippen molar-refractivity contribution in [1.82, 2.24) is 4.90 Å². The third-order valence-corrected chi connectivity index (χ3v) is 3.07. The first-order chi connectivity index (χ1) is 7.77. The van der Waals surface area contributed by atoms with Crippen LogP contribution in [0.4, 0.5) is 0 Å². The molecular weight excluding hydrogens is 220 g/mol. The van der Waals surface area contributed by atoms with Gasteiger partial charge in [0.15, 0.2) is 0 Å². The Hall–Kier alpha value is -0.860. The van der Waals surface area contributed by atoms with Crippen LogP contribution in [-0.4, -0.2) is 38.8 Å². The second-order valence-electron chi connectivity index (χ2n) is 3.49. The molecule has 0 saturated heterocycles. The summed E-state index contributed by atoms with van der Waals surface area (Å²) < 4.78 is 5.04. The zero-order valence-electron chi connectivity index (χ0n) is 9.82. The molecule has 4 heteroatoms. The van der Waals surface area contributed by atoms with E-state index in [9.17, 15) is 0 Å². The lowest BCUT2D eigenvalue weighted by Gasteiger charge is -2.15. The second-order valence-corrected chi connectivity index (χ2v) is 4.49. The first kappa shape index (κ1) is 13.2. The maximum atomic E-state index is 5.37. The van der Waals surface area contributed by atoms with Gasteiger partial charge >= 0.3 is 0 Å². The largest absolute Gasteiger partial charge is 0.383 e. The van der Waals surface area contributed by atoms with Crippen LogP contribution in [0.1, 0.15) is 10.4 Å². The zero-order chi connectivity index (χ0) is 11.8. The SMILES string of the molecule is COCCN(C)Cc1sccc1C#CCN. The van der Waals surface area contributed by atoms with Gasteiger partial charge in [-0.15, -0.1) is 11.3 Å². The molecule has 1 rings (SSSR count). The minimum absolute atomic E-state index is 0.412. The van der Waals surface area contributed by atoms with Crippen molar-refractivity contribution < 1.29 is 4.74 Å². The highest BCUT2D eigenvalue weighted by molar-refractivity contribution is 7.10. The van der Waals surface area contributed by atoms with Gasteiger partial charge in [0.1, 0.15) is 0 Å². The molecule has 88 valence electrons. The average Bonchev–Trinajstić information content (AvgIpc) is 2.71. The number of nitrogens with two attached hydrogens (primary N) is 1. The summed E-state index contributed by atoms with van der Waals surface area (Å²) in [4.78, 5) is 3.52. The molecule has 1 heterocycles. The topological polar surface area (TPSA) is 38.5 Å². The number of hydrogen-bond acceptors (Lipinski definition) is 4. The summed E-state index contributed by atoms with van der Waals surface area (Å²) in [6, 6.07) is 2.05. The van der Waals surface area contributed by atoms with Gasteiger partial charge in [-0.05, 0) is 18.5 Å². The van der Waals surface area contributed by atoms with Gasteiger partial charge in [-0.3, -0.25) is 4.90 Å². The Morgan fingerprint density at radius 1 is 1.56 bits per heavy atom. The monoisotopic (exact) mass is 238 g/mol. The van der Waals surface area contributed by atoms with Crippen LogP contribution in [0.3, 0.4) is 0 Å². The predicted octanol–water partition coefficient (Wildman–Crippen LogP) is 1.14. The fourth-order valence-electron chi connectivity index (χ4n) is 1.29. The molecule has 0 fully saturated rings. The summed E-state index contributed by atoms with van der Waals surface area (Å²) in [6.45, 7) is 3.01. The molecule has 0 aliphatic rings. The van der Waals surface area contributed by atoms with Crippen molar-refractivity contribution >= 4 is 11.3 Å². The Bertz CT molecular complexity index is 365. The molecule has 0 aliphatic heterocycles. The standard InChI is InChI=1S/C12H18N2OS/c1-14(7-8-15-2)10-12-11(4-3-6-13)5-9-16-12/h5,9H,6-8,10,13H2,1-2H3. The molecule has 0 unspecified atom stereocenters. The average molecular weight is 238 g/mol. The van der Waals surface area contributed by atoms with Crippen molar-refractivity contribution in [2.24, 2.45) is 5.73 Å². The van der Waals surface area contributed by atoms with E-state index in [0.29, 0.717) is 6.54 Å². The van der Waals surface area contributed by atoms with Crippen LogP contribution in [0.25, 0.3) is 0 Å². The van der Waals surface area contributed by atoms with Gasteiger partial charge in [0.05, 0.1) is 13.2 Å². The molecule has 0 saturated carbocycles. The number of nitrogens with zero attached hydrogens (tertiary/aromatic N) is 1. The highest BCUT2D eigenvalue weighted by Crippen LogP contribution is 2.17. The van der Waals surface area contributed by atoms with Crippen molar-refractivity contribution in [2.45, 2.75) is 6.54 Å². The van der Waals surface area contributed by atoms with Gasteiger partial charge in [-0.2, -0.15) is 0 Å². The first-order valence-corrected chi connectivity index (χ1v) is 6.08. The normalized spacial score (nSPS) is 10.2. The third kappa shape index (κ3) is 4.33. The molecule has 0 aromatic carbocycles. The summed E-state index contributed by atoms with van der Waals surface area (Å²) in [6.07, 6.45) is 0. The molecule has 1 aromatic heterocycles. The smallest absolute Gasteiger partial charge is 0.0589 e. The van der Waals surface area contributed by atoms with E-state index in [-0.39, 0.29) is 0 Å². The molecule has 0 radical (unpaired) electrons. The van der Waals surface area contributed by atoms with E-state index in [1.807, 2.05) is 6.07 Å². The Balaban J connectivity index is 2.56. The van der Waals surface area contributed by atoms with E-state index < -0.39 is 0 Å². The van der Waals surface area contributed by atoms with Gasteiger partial charge in [-0.1, -0.05) is 11.8 Å². The van der Waals surface area contributed by atoms with E-state index in [4.69, 9.17) is 10.5 Å². The van der Waals surface area contributed by atoms with Gasteiger partial charge in [0.2, 0.25) is 0 Å². The fourth-order valence-corrected chi connectivity index (χ4v) is 2.20. The molecule has 3 nitrogen and oxygen atoms in total. The number of methoxy groups -OCH3 is 1. The second kappa shape index (κ2) is 7.42. The van der Waals surface area contributed by atoms with Crippen molar-refractivity contribution in [3.63, 3.8) is 0 Å². The number of likely N-dealkylation sites (N-methyl/N-ethyl adjacent to an activating group) is 1. The minimum atomic E-state index is 0.412. The van der Waals surface area contributed by atoms with E-state index in [1.165, 1.54) is 4.88 Å². The van der Waals surface area contributed by atoms with Crippen LogP contribution in [-0.2, 0) is 11.3 Å². The maximum Gasteiger partial charge on any atom is 0.0589 e. The lowest BCUT2D eigenvalue weighted by Crippen LogP contribution is -2.22. The first-order valence-electron chi connectivity index (χ1n) is 5.20. The Labute approximate surface area is 101 Å². The molecular formula is C12H18N2OS. The van der Waals surface area contributed by atoms with E-state index in [2.05, 4.69) is 29.2 Å². The molecule has 0 aliphatic carbocycles. The minimum Gasteiger partial charge on any atom is -0.383 e.